The number of benzene rings is 1. The summed E-state index contributed by atoms with van der Waals surface area (Å²) in [5.74, 6) is 0.584. The quantitative estimate of drug-likeness (QED) is 0.558. The Morgan fingerprint density at radius 3 is 2.44 bits per heavy atom. The fourth-order valence-electron chi connectivity index (χ4n) is 3.40. The van der Waals surface area contributed by atoms with E-state index < -0.39 is 11.2 Å². The maximum atomic E-state index is 14.2. The molecule has 1 saturated heterocycles. The van der Waals surface area contributed by atoms with Crippen molar-refractivity contribution < 1.29 is 18.8 Å². The molecule has 0 unspecified atom stereocenters. The van der Waals surface area contributed by atoms with Crippen LogP contribution in [0.3, 0.4) is 0 Å². The van der Waals surface area contributed by atoms with Crippen LogP contribution < -0.4 is 15.4 Å². The van der Waals surface area contributed by atoms with Crippen molar-refractivity contribution in [2.75, 3.05) is 36.8 Å². The first kappa shape index (κ1) is 23.4. The summed E-state index contributed by atoms with van der Waals surface area (Å²) in [5.41, 5.74) is 6.89. The zero-order chi connectivity index (χ0) is 24.3. The summed E-state index contributed by atoms with van der Waals surface area (Å²) >= 11 is 0. The Kier molecular flexibility index (Phi) is 6.65. The average Bonchev–Trinajstić information content (AvgIpc) is 2.81. The van der Waals surface area contributed by atoms with Gasteiger partial charge in [-0.05, 0) is 51.1 Å². The van der Waals surface area contributed by atoms with Crippen LogP contribution in [0, 0.1) is 11.2 Å². The van der Waals surface area contributed by atoms with Gasteiger partial charge in [0, 0.05) is 54.6 Å². The number of carbonyl (C=O) groups is 1. The van der Waals surface area contributed by atoms with Crippen molar-refractivity contribution in [2.45, 2.75) is 20.8 Å². The predicted octanol–water partition coefficient (Wildman–Crippen LogP) is 4.28. The van der Waals surface area contributed by atoms with Gasteiger partial charge in [-0.3, -0.25) is 4.98 Å². The molecule has 1 aromatic carbocycles. The van der Waals surface area contributed by atoms with E-state index in [1.165, 1.54) is 12.1 Å². The number of pyridine rings is 2. The Bertz CT molecular complexity index is 1160. The van der Waals surface area contributed by atoms with Gasteiger partial charge in [-0.2, -0.15) is 0 Å². The number of carbonyl (C=O) groups excluding carboxylic acids is 1. The highest BCUT2D eigenvalue weighted by Crippen LogP contribution is 2.34. The van der Waals surface area contributed by atoms with E-state index in [-0.39, 0.29) is 11.7 Å². The lowest BCUT2D eigenvalue weighted by Crippen LogP contribution is -2.48. The summed E-state index contributed by atoms with van der Waals surface area (Å²) in [6.07, 6.45) is 4.98. The topological polar surface area (TPSA) is 93.8 Å². The van der Waals surface area contributed by atoms with Crippen LogP contribution in [0.4, 0.5) is 15.9 Å². The molecule has 34 heavy (non-hydrogen) atoms. The second kappa shape index (κ2) is 9.64. The van der Waals surface area contributed by atoms with Gasteiger partial charge < -0.3 is 20.2 Å². The zero-order valence-corrected chi connectivity index (χ0v) is 19.5. The number of aromatic nitrogens is 2. The summed E-state index contributed by atoms with van der Waals surface area (Å²) in [6.45, 7) is 8.06. The molecule has 0 saturated carbocycles. The molecule has 9 heteroatoms. The second-order valence-corrected chi connectivity index (χ2v) is 9.11. The average molecular weight is 466 g/mol. The second-order valence-electron chi connectivity index (χ2n) is 9.11. The third-order valence-corrected chi connectivity index (χ3v) is 5.40. The van der Waals surface area contributed by atoms with Gasteiger partial charge in [0.05, 0.1) is 18.5 Å². The molecule has 8 nitrogen and oxygen atoms in total. The van der Waals surface area contributed by atoms with Gasteiger partial charge in [0.25, 0.3) is 0 Å². The molecule has 0 radical (unpaired) electrons. The maximum absolute atomic E-state index is 14.2. The molecule has 0 amide bonds. The number of nitrogens with two attached hydrogens (primary N) is 1. The van der Waals surface area contributed by atoms with Crippen LogP contribution in [0.2, 0.25) is 0 Å². The van der Waals surface area contributed by atoms with E-state index in [1.54, 1.807) is 35.8 Å². The molecular weight excluding hydrogens is 437 g/mol. The molecule has 0 bridgehead atoms. The molecule has 1 aliphatic heterocycles. The third-order valence-electron chi connectivity index (χ3n) is 5.40. The summed E-state index contributed by atoms with van der Waals surface area (Å²) in [6, 6.07) is 9.83. The number of hydroxylamine groups is 2. The Hall–Kier alpha value is -3.72. The molecule has 2 N–H and O–H groups in total. The Balaban J connectivity index is 1.43. The minimum absolute atomic E-state index is 0.0799. The van der Waals surface area contributed by atoms with E-state index in [2.05, 4.69) is 14.9 Å². The fraction of sp³-hybridized carbons (Fsp3) is 0.320. The number of anilines is 2. The summed E-state index contributed by atoms with van der Waals surface area (Å²) in [5, 5.41) is 1.70. The van der Waals surface area contributed by atoms with Gasteiger partial charge in [-0.25, -0.2) is 14.2 Å². The van der Waals surface area contributed by atoms with Crippen molar-refractivity contribution in [1.82, 2.24) is 15.0 Å². The zero-order valence-electron chi connectivity index (χ0n) is 19.5. The third kappa shape index (κ3) is 5.43. The van der Waals surface area contributed by atoms with Gasteiger partial charge in [0.1, 0.15) is 11.6 Å². The number of piperazine rings is 1. The summed E-state index contributed by atoms with van der Waals surface area (Å²) in [4.78, 5) is 28.5. The van der Waals surface area contributed by atoms with Crippen LogP contribution in [0.5, 0.6) is 11.5 Å². The molecule has 0 atom stereocenters. The first-order valence-corrected chi connectivity index (χ1v) is 11.1. The van der Waals surface area contributed by atoms with E-state index >= 15 is 0 Å². The molecule has 2 aromatic heterocycles. The monoisotopic (exact) mass is 465 g/mol. The van der Waals surface area contributed by atoms with Crippen LogP contribution in [0.15, 0.2) is 55.0 Å². The molecule has 3 aromatic rings. The van der Waals surface area contributed by atoms with Crippen molar-refractivity contribution in [3.8, 4) is 22.6 Å². The number of rotatable bonds is 5. The molecule has 1 fully saturated rings. The van der Waals surface area contributed by atoms with Crippen molar-refractivity contribution >= 4 is 17.5 Å². The molecule has 178 valence electrons. The maximum Gasteiger partial charge on any atom is 0.330 e. The van der Waals surface area contributed by atoms with Gasteiger partial charge in [-0.15, -0.1) is 5.06 Å². The summed E-state index contributed by atoms with van der Waals surface area (Å²) in [7, 11) is 0. The van der Waals surface area contributed by atoms with Crippen LogP contribution in [-0.2, 0) is 9.63 Å². The van der Waals surface area contributed by atoms with Crippen LogP contribution in [-0.4, -0.2) is 47.2 Å². The Labute approximate surface area is 198 Å². The first-order chi connectivity index (χ1) is 16.2. The van der Waals surface area contributed by atoms with Crippen LogP contribution in [0.25, 0.3) is 11.1 Å². The summed E-state index contributed by atoms with van der Waals surface area (Å²) < 4.78 is 20.0. The highest BCUT2D eigenvalue weighted by atomic mass is 19.1. The van der Waals surface area contributed by atoms with Crippen molar-refractivity contribution in [1.29, 1.82) is 0 Å². The SMILES string of the molecule is CC(C)(C)C(=O)ON1CCN(c2ccc(-c3cnccc3Oc3ccc(N)cc3F)cn2)CC1. The molecular formula is C25H28FN5O3. The van der Waals surface area contributed by atoms with E-state index in [9.17, 15) is 9.18 Å². The van der Waals surface area contributed by atoms with Crippen molar-refractivity contribution in [3.05, 3.63) is 60.8 Å². The molecule has 4 rings (SSSR count). The van der Waals surface area contributed by atoms with E-state index in [0.29, 0.717) is 43.2 Å². The number of nitrogen functional groups attached to an aromatic ring is 1. The van der Waals surface area contributed by atoms with Crippen LogP contribution >= 0.6 is 0 Å². The highest BCUT2D eigenvalue weighted by Gasteiger charge is 2.28. The number of hydrogen-bond acceptors (Lipinski definition) is 8. The number of ether oxygens (including phenoxy) is 1. The standard InChI is InChI=1S/C25H28FN5O3/c1-25(2,3)24(32)34-31-12-10-30(11-13-31)23-7-4-17(15-29-23)19-16-28-9-8-21(19)33-22-6-5-18(27)14-20(22)26/h4-9,14-16H,10-13,27H2,1-3H3. The first-order valence-electron chi connectivity index (χ1n) is 11.1. The smallest absolute Gasteiger partial charge is 0.330 e. The highest BCUT2D eigenvalue weighted by molar-refractivity contribution is 5.75. The normalized spacial score (nSPS) is 14.6. The van der Waals surface area contributed by atoms with Gasteiger partial charge >= 0.3 is 5.97 Å². The van der Waals surface area contributed by atoms with Crippen molar-refractivity contribution in [2.24, 2.45) is 5.41 Å². The largest absolute Gasteiger partial charge is 0.454 e. The Morgan fingerprint density at radius 1 is 1.03 bits per heavy atom. The molecule has 3 heterocycles. The number of nitrogens with zero attached hydrogens (tertiary/aromatic N) is 4. The van der Waals surface area contributed by atoms with Crippen LogP contribution in [0.1, 0.15) is 20.8 Å². The predicted molar refractivity (Wildman–Crippen MR) is 128 cm³/mol. The Morgan fingerprint density at radius 2 is 1.79 bits per heavy atom. The van der Waals surface area contributed by atoms with E-state index in [0.717, 1.165) is 11.4 Å². The number of hydrogen-bond donors (Lipinski definition) is 1. The van der Waals surface area contributed by atoms with Crippen molar-refractivity contribution in [3.63, 3.8) is 0 Å². The molecule has 0 spiro atoms. The molecule has 0 aliphatic carbocycles. The van der Waals surface area contributed by atoms with E-state index in [1.807, 2.05) is 32.9 Å². The number of halogens is 1. The fourth-order valence-corrected chi connectivity index (χ4v) is 3.40. The minimum Gasteiger partial charge on any atom is -0.454 e. The lowest BCUT2D eigenvalue weighted by Gasteiger charge is -2.35. The minimum atomic E-state index is -0.539. The van der Waals surface area contributed by atoms with Gasteiger partial charge in [0.2, 0.25) is 0 Å². The van der Waals surface area contributed by atoms with E-state index in [4.69, 9.17) is 15.3 Å². The lowest BCUT2D eigenvalue weighted by atomic mass is 9.98. The lowest BCUT2D eigenvalue weighted by molar-refractivity contribution is -0.201. The van der Waals surface area contributed by atoms with Gasteiger partial charge in [0.15, 0.2) is 11.6 Å². The van der Waals surface area contributed by atoms with Gasteiger partial charge in [-0.1, -0.05) is 0 Å². The molecule has 1 aliphatic rings.